The minimum atomic E-state index is -0.271. The molecule has 100 valence electrons. The number of carbonyl (C=O) groups is 1. The Morgan fingerprint density at radius 2 is 2.37 bits per heavy atom. The molecule has 0 fully saturated rings. The predicted octanol–water partition coefficient (Wildman–Crippen LogP) is 2.05. The average molecular weight is 277 g/mol. The molecule has 0 saturated heterocycles. The van der Waals surface area contributed by atoms with E-state index in [1.165, 1.54) is 11.8 Å². The number of aromatic nitrogens is 1. The summed E-state index contributed by atoms with van der Waals surface area (Å²) >= 11 is 1.34. The van der Waals surface area contributed by atoms with Crippen molar-refractivity contribution in [3.63, 3.8) is 0 Å². The Hall–Kier alpha value is -1.95. The van der Waals surface area contributed by atoms with Gasteiger partial charge in [-0.05, 0) is 31.2 Å². The smallest absolute Gasteiger partial charge is 0.233 e. The molecule has 2 heterocycles. The lowest BCUT2D eigenvalue weighted by atomic mass is 10.4. The number of anilines is 1. The molecule has 6 heteroatoms. The van der Waals surface area contributed by atoms with Gasteiger partial charge in [-0.15, -0.1) is 0 Å². The molecule has 1 atom stereocenters. The highest BCUT2D eigenvalue weighted by Gasteiger charge is 2.16. The van der Waals surface area contributed by atoms with E-state index in [1.807, 2.05) is 13.0 Å². The zero-order valence-electron chi connectivity index (χ0n) is 10.5. The number of furan rings is 1. The summed E-state index contributed by atoms with van der Waals surface area (Å²) in [6, 6.07) is 7.13. The minimum absolute atomic E-state index is 0.0774. The van der Waals surface area contributed by atoms with Gasteiger partial charge in [-0.25, -0.2) is 4.98 Å². The highest BCUT2D eigenvalue weighted by atomic mass is 32.2. The number of nitrogens with one attached hydrogen (secondary N) is 1. The molecule has 2 aromatic rings. The molecule has 1 unspecified atom stereocenters. The van der Waals surface area contributed by atoms with Crippen molar-refractivity contribution in [2.24, 2.45) is 0 Å². The summed E-state index contributed by atoms with van der Waals surface area (Å²) in [5.41, 5.74) is 6.37. The molecule has 0 spiro atoms. The summed E-state index contributed by atoms with van der Waals surface area (Å²) in [6.07, 6.45) is 3.24. The molecule has 0 radical (unpaired) electrons. The lowest BCUT2D eigenvalue weighted by molar-refractivity contribution is -0.120. The second-order valence-electron chi connectivity index (χ2n) is 3.96. The van der Waals surface area contributed by atoms with E-state index >= 15 is 0 Å². The van der Waals surface area contributed by atoms with Crippen molar-refractivity contribution in [2.75, 3.05) is 5.73 Å². The van der Waals surface area contributed by atoms with E-state index < -0.39 is 0 Å². The van der Waals surface area contributed by atoms with E-state index in [0.29, 0.717) is 17.3 Å². The maximum Gasteiger partial charge on any atom is 0.233 e. The van der Waals surface area contributed by atoms with Gasteiger partial charge in [0, 0.05) is 6.20 Å². The van der Waals surface area contributed by atoms with Crippen LogP contribution >= 0.6 is 11.8 Å². The first-order valence-corrected chi connectivity index (χ1v) is 6.72. The van der Waals surface area contributed by atoms with Crippen molar-refractivity contribution in [3.8, 4) is 0 Å². The van der Waals surface area contributed by atoms with Crippen LogP contribution in [0.15, 0.2) is 46.2 Å². The summed E-state index contributed by atoms with van der Waals surface area (Å²) in [5.74, 6) is 0.648. The van der Waals surface area contributed by atoms with E-state index in [1.54, 1.807) is 30.7 Å². The van der Waals surface area contributed by atoms with Gasteiger partial charge >= 0.3 is 0 Å². The standard InChI is InChI=1S/C13H15N3O2S/c1-9(19-13-11(14)5-2-6-15-13)12(17)16-8-10-4-3-7-18-10/h2-7,9H,8,14H2,1H3,(H,16,17). The normalized spacial score (nSPS) is 12.1. The SMILES string of the molecule is CC(Sc1ncccc1N)C(=O)NCc1ccco1. The van der Waals surface area contributed by atoms with Gasteiger partial charge in [0.25, 0.3) is 0 Å². The molecule has 0 aliphatic carbocycles. The number of nitrogen functional groups attached to an aromatic ring is 1. The van der Waals surface area contributed by atoms with Gasteiger partial charge in [-0.1, -0.05) is 11.8 Å². The second kappa shape index (κ2) is 6.29. The maximum absolute atomic E-state index is 11.9. The van der Waals surface area contributed by atoms with Crippen LogP contribution < -0.4 is 11.1 Å². The molecule has 0 saturated carbocycles. The third-order valence-corrected chi connectivity index (χ3v) is 3.61. The number of nitrogens with zero attached hydrogens (tertiary/aromatic N) is 1. The molecule has 0 aromatic carbocycles. The second-order valence-corrected chi connectivity index (χ2v) is 5.28. The Morgan fingerprint density at radius 1 is 1.53 bits per heavy atom. The van der Waals surface area contributed by atoms with Crippen LogP contribution in [0.4, 0.5) is 5.69 Å². The van der Waals surface area contributed by atoms with Gasteiger partial charge in [0.15, 0.2) is 0 Å². The van der Waals surface area contributed by atoms with Crippen LogP contribution in [0, 0.1) is 0 Å². The minimum Gasteiger partial charge on any atom is -0.467 e. The van der Waals surface area contributed by atoms with Crippen molar-refractivity contribution in [3.05, 3.63) is 42.5 Å². The maximum atomic E-state index is 11.9. The van der Waals surface area contributed by atoms with Crippen LogP contribution in [0.5, 0.6) is 0 Å². The van der Waals surface area contributed by atoms with E-state index in [2.05, 4.69) is 10.3 Å². The molecular weight excluding hydrogens is 262 g/mol. The van der Waals surface area contributed by atoms with E-state index in [9.17, 15) is 4.79 Å². The summed E-state index contributed by atoms with van der Waals surface area (Å²) in [5, 5.41) is 3.20. The van der Waals surface area contributed by atoms with Crippen LogP contribution in [-0.2, 0) is 11.3 Å². The first-order chi connectivity index (χ1) is 9.16. The zero-order valence-corrected chi connectivity index (χ0v) is 11.3. The van der Waals surface area contributed by atoms with Crippen molar-refractivity contribution in [2.45, 2.75) is 23.7 Å². The average Bonchev–Trinajstić information content (AvgIpc) is 2.91. The van der Waals surface area contributed by atoms with Gasteiger partial charge in [0.1, 0.15) is 10.8 Å². The van der Waals surface area contributed by atoms with Crippen molar-refractivity contribution < 1.29 is 9.21 Å². The lowest BCUT2D eigenvalue weighted by Gasteiger charge is -2.11. The molecule has 0 aliphatic heterocycles. The van der Waals surface area contributed by atoms with E-state index in [-0.39, 0.29) is 11.2 Å². The molecular formula is C13H15N3O2S. The number of pyridine rings is 1. The Kier molecular flexibility index (Phi) is 4.46. The zero-order chi connectivity index (χ0) is 13.7. The molecule has 3 N–H and O–H groups in total. The Labute approximate surface area is 115 Å². The Balaban J connectivity index is 1.87. The highest BCUT2D eigenvalue weighted by molar-refractivity contribution is 8.00. The third-order valence-electron chi connectivity index (χ3n) is 2.48. The fourth-order valence-electron chi connectivity index (χ4n) is 1.45. The Morgan fingerprint density at radius 3 is 3.05 bits per heavy atom. The molecule has 2 rings (SSSR count). The van der Waals surface area contributed by atoms with Crippen LogP contribution in [-0.4, -0.2) is 16.1 Å². The summed E-state index contributed by atoms with van der Waals surface area (Å²) in [6.45, 7) is 2.20. The van der Waals surface area contributed by atoms with E-state index in [4.69, 9.17) is 10.2 Å². The number of hydrogen-bond acceptors (Lipinski definition) is 5. The van der Waals surface area contributed by atoms with Crippen molar-refractivity contribution >= 4 is 23.4 Å². The highest BCUT2D eigenvalue weighted by Crippen LogP contribution is 2.26. The number of rotatable bonds is 5. The fraction of sp³-hybridized carbons (Fsp3) is 0.231. The number of hydrogen-bond donors (Lipinski definition) is 2. The molecule has 0 aliphatic rings. The molecule has 1 amide bonds. The van der Waals surface area contributed by atoms with Crippen LogP contribution in [0.2, 0.25) is 0 Å². The third kappa shape index (κ3) is 3.75. The predicted molar refractivity (Wildman–Crippen MR) is 74.5 cm³/mol. The summed E-state index contributed by atoms with van der Waals surface area (Å²) < 4.78 is 5.15. The van der Waals surface area contributed by atoms with Gasteiger partial charge in [0.2, 0.25) is 5.91 Å². The van der Waals surface area contributed by atoms with Crippen LogP contribution in [0.3, 0.4) is 0 Å². The fourth-order valence-corrected chi connectivity index (χ4v) is 2.30. The topological polar surface area (TPSA) is 81.1 Å². The monoisotopic (exact) mass is 277 g/mol. The number of thioether (sulfide) groups is 1. The van der Waals surface area contributed by atoms with Crippen molar-refractivity contribution in [1.82, 2.24) is 10.3 Å². The van der Waals surface area contributed by atoms with E-state index in [0.717, 1.165) is 5.76 Å². The molecule has 5 nitrogen and oxygen atoms in total. The number of amides is 1. The quantitative estimate of drug-likeness (QED) is 0.817. The number of carbonyl (C=O) groups excluding carboxylic acids is 1. The van der Waals surface area contributed by atoms with Gasteiger partial charge < -0.3 is 15.5 Å². The Bertz CT molecular complexity index is 543. The molecule has 2 aromatic heterocycles. The van der Waals surface area contributed by atoms with Gasteiger partial charge in [-0.2, -0.15) is 0 Å². The number of nitrogens with two attached hydrogens (primary N) is 1. The van der Waals surface area contributed by atoms with Gasteiger partial charge in [0.05, 0.1) is 23.7 Å². The van der Waals surface area contributed by atoms with Crippen LogP contribution in [0.25, 0.3) is 0 Å². The van der Waals surface area contributed by atoms with Gasteiger partial charge in [-0.3, -0.25) is 4.79 Å². The first kappa shape index (κ1) is 13.5. The lowest BCUT2D eigenvalue weighted by Crippen LogP contribution is -2.30. The summed E-state index contributed by atoms with van der Waals surface area (Å²) in [4.78, 5) is 16.1. The first-order valence-electron chi connectivity index (χ1n) is 5.84. The molecule has 19 heavy (non-hydrogen) atoms. The molecule has 0 bridgehead atoms. The van der Waals surface area contributed by atoms with Crippen LogP contribution in [0.1, 0.15) is 12.7 Å². The summed E-state index contributed by atoms with van der Waals surface area (Å²) in [7, 11) is 0. The van der Waals surface area contributed by atoms with Crippen molar-refractivity contribution in [1.29, 1.82) is 0 Å². The largest absolute Gasteiger partial charge is 0.467 e.